The van der Waals surface area contributed by atoms with Crippen LogP contribution in [0.5, 0.6) is 0 Å². The van der Waals surface area contributed by atoms with Crippen molar-refractivity contribution in [2.75, 3.05) is 26.3 Å². The largest absolute Gasteiger partial charge is 0.479 e. The predicted molar refractivity (Wildman–Crippen MR) is 51.4 cm³/mol. The summed E-state index contributed by atoms with van der Waals surface area (Å²) in [7, 11) is 0. The van der Waals surface area contributed by atoms with Crippen LogP contribution in [-0.2, 0) is 9.53 Å². The molecule has 0 bridgehead atoms. The first-order valence-electron chi connectivity index (χ1n) is 5.35. The Bertz CT molecular complexity index is 255. The first-order chi connectivity index (χ1) is 7.14. The van der Waals surface area contributed by atoms with E-state index in [9.17, 15) is 9.18 Å². The van der Waals surface area contributed by atoms with Crippen LogP contribution in [0, 0.1) is 11.8 Å². The second kappa shape index (κ2) is 4.06. The summed E-state index contributed by atoms with van der Waals surface area (Å²) >= 11 is 0. The van der Waals surface area contributed by atoms with Crippen molar-refractivity contribution in [2.24, 2.45) is 11.8 Å². The van der Waals surface area contributed by atoms with Gasteiger partial charge in [0, 0.05) is 32.2 Å². The van der Waals surface area contributed by atoms with Crippen molar-refractivity contribution in [1.29, 1.82) is 0 Å². The van der Waals surface area contributed by atoms with Gasteiger partial charge in [-0.1, -0.05) is 0 Å². The van der Waals surface area contributed by atoms with Crippen LogP contribution >= 0.6 is 0 Å². The average molecular weight is 217 g/mol. The molecule has 0 aromatic carbocycles. The highest BCUT2D eigenvalue weighted by molar-refractivity contribution is 5.78. The normalized spacial score (nSPS) is 41.7. The fourth-order valence-corrected chi connectivity index (χ4v) is 2.56. The van der Waals surface area contributed by atoms with Crippen molar-refractivity contribution in [3.8, 4) is 0 Å². The molecular weight excluding hydrogens is 201 g/mol. The number of ether oxygens (including phenoxy) is 1. The van der Waals surface area contributed by atoms with Crippen molar-refractivity contribution in [3.63, 3.8) is 0 Å². The third kappa shape index (κ3) is 1.86. The quantitative estimate of drug-likeness (QED) is 0.704. The second-order valence-electron chi connectivity index (χ2n) is 4.38. The lowest BCUT2D eigenvalue weighted by Crippen LogP contribution is -2.46. The Labute approximate surface area is 87.8 Å². The van der Waals surface area contributed by atoms with E-state index in [1.807, 2.05) is 0 Å². The molecule has 2 N–H and O–H groups in total. The molecule has 0 aliphatic carbocycles. The van der Waals surface area contributed by atoms with E-state index in [0.717, 1.165) is 12.8 Å². The van der Waals surface area contributed by atoms with Gasteiger partial charge in [-0.25, -0.2) is 9.18 Å². The number of rotatable bonds is 2. The number of hydrogen-bond donors (Lipinski definition) is 2. The zero-order valence-corrected chi connectivity index (χ0v) is 8.54. The van der Waals surface area contributed by atoms with Gasteiger partial charge in [-0.15, -0.1) is 0 Å². The van der Waals surface area contributed by atoms with Crippen LogP contribution in [0.4, 0.5) is 4.39 Å². The van der Waals surface area contributed by atoms with E-state index in [2.05, 4.69) is 5.32 Å². The van der Waals surface area contributed by atoms with Crippen molar-refractivity contribution < 1.29 is 19.0 Å². The van der Waals surface area contributed by atoms with Crippen LogP contribution < -0.4 is 5.32 Å². The molecule has 0 amide bonds. The molecule has 0 spiro atoms. The molecule has 3 atom stereocenters. The summed E-state index contributed by atoms with van der Waals surface area (Å²) in [6, 6.07) is 0. The number of carboxylic acid groups (broad SMARTS) is 1. The zero-order valence-electron chi connectivity index (χ0n) is 8.54. The molecule has 0 saturated carbocycles. The SMILES string of the molecule is O=C(O)C1(F)CNCC1C1CCCOC1. The first-order valence-corrected chi connectivity index (χ1v) is 5.35. The lowest BCUT2D eigenvalue weighted by Gasteiger charge is -2.32. The number of hydrogen-bond acceptors (Lipinski definition) is 3. The van der Waals surface area contributed by atoms with Gasteiger partial charge in [-0.05, 0) is 18.8 Å². The number of alkyl halides is 1. The molecule has 2 aliphatic rings. The van der Waals surface area contributed by atoms with Gasteiger partial charge in [-0.3, -0.25) is 0 Å². The number of carbonyl (C=O) groups is 1. The average Bonchev–Trinajstić information content (AvgIpc) is 2.63. The molecule has 86 valence electrons. The Morgan fingerprint density at radius 3 is 3.00 bits per heavy atom. The standard InChI is InChI=1S/C10H16FNO3/c11-10(9(13)14)6-12-4-8(10)7-2-1-3-15-5-7/h7-8,12H,1-6H2,(H,13,14). The van der Waals surface area contributed by atoms with Gasteiger partial charge in [0.05, 0.1) is 0 Å². The van der Waals surface area contributed by atoms with Gasteiger partial charge in [-0.2, -0.15) is 0 Å². The van der Waals surface area contributed by atoms with E-state index in [-0.39, 0.29) is 12.5 Å². The Morgan fingerprint density at radius 2 is 2.40 bits per heavy atom. The van der Waals surface area contributed by atoms with E-state index >= 15 is 0 Å². The molecule has 15 heavy (non-hydrogen) atoms. The molecule has 0 radical (unpaired) electrons. The summed E-state index contributed by atoms with van der Waals surface area (Å²) < 4.78 is 19.4. The van der Waals surface area contributed by atoms with E-state index in [1.54, 1.807) is 0 Å². The summed E-state index contributed by atoms with van der Waals surface area (Å²) in [5, 5.41) is 11.7. The van der Waals surface area contributed by atoms with Gasteiger partial charge < -0.3 is 15.2 Å². The van der Waals surface area contributed by atoms with Crippen molar-refractivity contribution in [1.82, 2.24) is 5.32 Å². The van der Waals surface area contributed by atoms with Crippen LogP contribution in [0.25, 0.3) is 0 Å². The Kier molecular flexibility index (Phi) is 2.93. The summed E-state index contributed by atoms with van der Waals surface area (Å²) in [5.41, 5.74) is -2.11. The van der Waals surface area contributed by atoms with Gasteiger partial charge in [0.1, 0.15) is 0 Å². The molecule has 2 heterocycles. The van der Waals surface area contributed by atoms with E-state index in [0.29, 0.717) is 19.8 Å². The second-order valence-corrected chi connectivity index (χ2v) is 4.38. The summed E-state index contributed by atoms with van der Waals surface area (Å²) in [6.45, 7) is 1.56. The molecule has 5 heteroatoms. The molecule has 2 fully saturated rings. The molecule has 2 rings (SSSR count). The van der Waals surface area contributed by atoms with Crippen LogP contribution in [0.3, 0.4) is 0 Å². The predicted octanol–water partition coefficient (Wildman–Crippen LogP) is 0.425. The lowest BCUT2D eigenvalue weighted by atomic mass is 9.79. The Balaban J connectivity index is 2.09. The number of carboxylic acids is 1. The number of halogens is 1. The van der Waals surface area contributed by atoms with Crippen LogP contribution in [0.2, 0.25) is 0 Å². The highest BCUT2D eigenvalue weighted by atomic mass is 19.1. The lowest BCUT2D eigenvalue weighted by molar-refractivity contribution is -0.154. The van der Waals surface area contributed by atoms with E-state index < -0.39 is 17.6 Å². The fraction of sp³-hybridized carbons (Fsp3) is 0.900. The van der Waals surface area contributed by atoms with Crippen molar-refractivity contribution in [3.05, 3.63) is 0 Å². The van der Waals surface area contributed by atoms with Gasteiger partial charge in [0.2, 0.25) is 5.67 Å². The van der Waals surface area contributed by atoms with Gasteiger partial charge in [0.15, 0.2) is 0 Å². The maximum absolute atomic E-state index is 14.2. The molecular formula is C10H16FNO3. The van der Waals surface area contributed by atoms with Crippen LogP contribution in [0.15, 0.2) is 0 Å². The highest BCUT2D eigenvalue weighted by Gasteiger charge is 2.53. The molecule has 0 aromatic rings. The van der Waals surface area contributed by atoms with E-state index in [1.165, 1.54) is 0 Å². The maximum Gasteiger partial charge on any atom is 0.343 e. The van der Waals surface area contributed by atoms with Gasteiger partial charge in [0.25, 0.3) is 0 Å². The maximum atomic E-state index is 14.2. The van der Waals surface area contributed by atoms with Crippen molar-refractivity contribution in [2.45, 2.75) is 18.5 Å². The smallest absolute Gasteiger partial charge is 0.343 e. The molecule has 3 unspecified atom stereocenters. The van der Waals surface area contributed by atoms with E-state index in [4.69, 9.17) is 9.84 Å². The van der Waals surface area contributed by atoms with Gasteiger partial charge >= 0.3 is 5.97 Å². The fourth-order valence-electron chi connectivity index (χ4n) is 2.56. The molecule has 2 saturated heterocycles. The topological polar surface area (TPSA) is 58.6 Å². The Hall–Kier alpha value is -0.680. The Morgan fingerprint density at radius 1 is 1.60 bits per heavy atom. The minimum Gasteiger partial charge on any atom is -0.479 e. The first kappa shape index (κ1) is 10.8. The third-order valence-electron chi connectivity index (χ3n) is 3.45. The van der Waals surface area contributed by atoms with Crippen molar-refractivity contribution >= 4 is 5.97 Å². The highest BCUT2D eigenvalue weighted by Crippen LogP contribution is 2.36. The van der Waals surface area contributed by atoms with Crippen LogP contribution in [0.1, 0.15) is 12.8 Å². The minimum atomic E-state index is -2.11. The summed E-state index contributed by atoms with van der Waals surface area (Å²) in [5.74, 6) is -1.76. The third-order valence-corrected chi connectivity index (χ3v) is 3.45. The summed E-state index contributed by atoms with van der Waals surface area (Å²) in [4.78, 5) is 10.9. The summed E-state index contributed by atoms with van der Waals surface area (Å²) in [6.07, 6.45) is 1.77. The number of nitrogens with one attached hydrogen (secondary N) is 1. The molecule has 0 aromatic heterocycles. The zero-order chi connectivity index (χ0) is 10.9. The number of aliphatic carboxylic acids is 1. The van der Waals surface area contributed by atoms with Crippen LogP contribution in [-0.4, -0.2) is 43.0 Å². The molecule has 2 aliphatic heterocycles. The minimum absolute atomic E-state index is 0.0369. The molecule has 4 nitrogen and oxygen atoms in total. The monoisotopic (exact) mass is 217 g/mol.